The van der Waals surface area contributed by atoms with E-state index >= 15 is 0 Å². The number of hydrogen-bond acceptors (Lipinski definition) is 3. The third-order valence-electron chi connectivity index (χ3n) is 4.99. The molecule has 0 saturated carbocycles. The maximum Gasteiger partial charge on any atom is 0.264 e. The first-order valence-corrected chi connectivity index (χ1v) is 11.2. The second kappa shape index (κ2) is 8.50. The summed E-state index contributed by atoms with van der Waals surface area (Å²) >= 11 is 6.11. The lowest BCUT2D eigenvalue weighted by molar-refractivity contribution is 0.102. The van der Waals surface area contributed by atoms with Gasteiger partial charge < -0.3 is 5.32 Å². The van der Waals surface area contributed by atoms with Gasteiger partial charge in [0.15, 0.2) is 0 Å². The fourth-order valence-corrected chi connectivity index (χ4v) is 4.52. The van der Waals surface area contributed by atoms with Gasteiger partial charge in [0.2, 0.25) is 0 Å². The van der Waals surface area contributed by atoms with Crippen molar-refractivity contribution in [3.05, 3.63) is 87.9 Å². The molecule has 156 valence electrons. The van der Waals surface area contributed by atoms with Gasteiger partial charge in [0, 0.05) is 23.3 Å². The summed E-state index contributed by atoms with van der Waals surface area (Å²) in [4.78, 5) is 12.9. The van der Waals surface area contributed by atoms with Crippen LogP contribution in [0.25, 0.3) is 0 Å². The van der Waals surface area contributed by atoms with Crippen LogP contribution in [0.5, 0.6) is 0 Å². The predicted octanol–water partition coefficient (Wildman–Crippen LogP) is 5.34. The number of sulfonamides is 1. The number of nitrogens with one attached hydrogen (secondary N) is 1. The van der Waals surface area contributed by atoms with Gasteiger partial charge in [-0.2, -0.15) is 0 Å². The third kappa shape index (κ3) is 4.35. The molecule has 0 heterocycles. The Kier molecular flexibility index (Phi) is 6.19. The standard InChI is InChI=1S/C23H23ClN2O3S/c1-15-8-11-19(12-9-15)30(28,29)26(4)22-13-10-18(14-16(22)2)23(27)25-21-7-5-6-20(24)17(21)3/h5-14H,1-4H3,(H,25,27). The molecule has 0 atom stereocenters. The van der Waals surface area contributed by atoms with Gasteiger partial charge in [-0.3, -0.25) is 9.10 Å². The molecule has 7 heteroatoms. The Hall–Kier alpha value is -2.83. The summed E-state index contributed by atoms with van der Waals surface area (Å²) in [6, 6.07) is 16.9. The SMILES string of the molecule is Cc1ccc(S(=O)(=O)N(C)c2ccc(C(=O)Nc3cccc(Cl)c3C)cc2C)cc1. The van der Waals surface area contributed by atoms with E-state index in [9.17, 15) is 13.2 Å². The fourth-order valence-electron chi connectivity index (χ4n) is 3.09. The van der Waals surface area contributed by atoms with Crippen LogP contribution in [0.4, 0.5) is 11.4 Å². The van der Waals surface area contributed by atoms with E-state index in [4.69, 9.17) is 11.6 Å². The summed E-state index contributed by atoms with van der Waals surface area (Å²) in [5.41, 5.74) is 4.00. The molecule has 0 aromatic heterocycles. The predicted molar refractivity (Wildman–Crippen MR) is 122 cm³/mol. The molecule has 1 N–H and O–H groups in total. The van der Waals surface area contributed by atoms with Crippen LogP contribution in [0.1, 0.15) is 27.0 Å². The van der Waals surface area contributed by atoms with Crippen LogP contribution >= 0.6 is 11.6 Å². The molecule has 3 rings (SSSR count). The maximum atomic E-state index is 13.0. The smallest absolute Gasteiger partial charge is 0.264 e. The molecular weight excluding hydrogens is 420 g/mol. The molecule has 0 radical (unpaired) electrons. The van der Waals surface area contributed by atoms with Crippen LogP contribution in [0.2, 0.25) is 5.02 Å². The van der Waals surface area contributed by atoms with E-state index in [1.54, 1.807) is 67.6 Å². The molecule has 0 fully saturated rings. The van der Waals surface area contributed by atoms with E-state index in [1.807, 2.05) is 13.8 Å². The highest BCUT2D eigenvalue weighted by atomic mass is 35.5. The minimum atomic E-state index is -3.71. The summed E-state index contributed by atoms with van der Waals surface area (Å²) in [6.45, 7) is 5.51. The molecular formula is C23H23ClN2O3S. The second-order valence-corrected chi connectivity index (χ2v) is 9.53. The number of amides is 1. The van der Waals surface area contributed by atoms with Gasteiger partial charge in [0.05, 0.1) is 10.6 Å². The zero-order valence-electron chi connectivity index (χ0n) is 17.2. The molecule has 0 unspecified atom stereocenters. The van der Waals surface area contributed by atoms with Crippen LogP contribution < -0.4 is 9.62 Å². The summed E-state index contributed by atoms with van der Waals surface area (Å²) in [5.74, 6) is -0.293. The quantitative estimate of drug-likeness (QED) is 0.579. The van der Waals surface area contributed by atoms with E-state index in [-0.39, 0.29) is 10.8 Å². The molecule has 3 aromatic carbocycles. The molecule has 3 aromatic rings. The number of anilines is 2. The first kappa shape index (κ1) is 21.9. The van der Waals surface area contributed by atoms with E-state index in [1.165, 1.54) is 11.4 Å². The summed E-state index contributed by atoms with van der Waals surface area (Å²) in [6.07, 6.45) is 0. The molecule has 0 aliphatic carbocycles. The average molecular weight is 443 g/mol. The van der Waals surface area contributed by atoms with Crippen LogP contribution in [-0.4, -0.2) is 21.4 Å². The Balaban J connectivity index is 1.86. The van der Waals surface area contributed by atoms with Crippen molar-refractivity contribution in [2.24, 2.45) is 0 Å². The van der Waals surface area contributed by atoms with Crippen molar-refractivity contribution >= 4 is 38.9 Å². The van der Waals surface area contributed by atoms with Crippen molar-refractivity contribution in [2.75, 3.05) is 16.7 Å². The Morgan fingerprint density at radius 2 is 1.63 bits per heavy atom. The van der Waals surface area contributed by atoms with Crippen LogP contribution in [0.3, 0.4) is 0 Å². The first-order chi connectivity index (χ1) is 14.1. The number of hydrogen-bond donors (Lipinski definition) is 1. The topological polar surface area (TPSA) is 66.5 Å². The number of rotatable bonds is 5. The Morgan fingerprint density at radius 1 is 0.967 bits per heavy atom. The molecule has 0 saturated heterocycles. The van der Waals surface area contributed by atoms with Gasteiger partial charge in [-0.15, -0.1) is 0 Å². The van der Waals surface area contributed by atoms with Gasteiger partial charge in [-0.05, 0) is 74.4 Å². The number of aryl methyl sites for hydroxylation is 2. The van der Waals surface area contributed by atoms with Crippen LogP contribution in [0, 0.1) is 20.8 Å². The number of carbonyl (C=O) groups is 1. The Labute approximate surface area is 182 Å². The minimum Gasteiger partial charge on any atom is -0.322 e. The van der Waals surface area contributed by atoms with Crippen LogP contribution in [-0.2, 0) is 10.0 Å². The lowest BCUT2D eigenvalue weighted by atomic mass is 10.1. The van der Waals surface area contributed by atoms with Crippen molar-refractivity contribution in [2.45, 2.75) is 25.7 Å². The molecule has 0 spiro atoms. The number of nitrogens with zero attached hydrogens (tertiary/aromatic N) is 1. The normalized spacial score (nSPS) is 11.2. The number of halogens is 1. The lowest BCUT2D eigenvalue weighted by Gasteiger charge is -2.22. The van der Waals surface area contributed by atoms with Crippen molar-refractivity contribution in [3.8, 4) is 0 Å². The highest BCUT2D eigenvalue weighted by Gasteiger charge is 2.23. The molecule has 0 aliphatic heterocycles. The fraction of sp³-hybridized carbons (Fsp3) is 0.174. The molecule has 0 bridgehead atoms. The van der Waals surface area contributed by atoms with Gasteiger partial charge in [-0.1, -0.05) is 35.4 Å². The highest BCUT2D eigenvalue weighted by Crippen LogP contribution is 2.27. The number of carbonyl (C=O) groups excluding carboxylic acids is 1. The lowest BCUT2D eigenvalue weighted by Crippen LogP contribution is -2.27. The number of benzene rings is 3. The van der Waals surface area contributed by atoms with E-state index in [2.05, 4.69) is 5.32 Å². The van der Waals surface area contributed by atoms with Gasteiger partial charge >= 0.3 is 0 Å². The monoisotopic (exact) mass is 442 g/mol. The maximum absolute atomic E-state index is 13.0. The second-order valence-electron chi connectivity index (χ2n) is 7.15. The van der Waals surface area contributed by atoms with Gasteiger partial charge in [0.1, 0.15) is 0 Å². The molecule has 5 nitrogen and oxygen atoms in total. The van der Waals surface area contributed by atoms with Gasteiger partial charge in [-0.25, -0.2) is 8.42 Å². The third-order valence-corrected chi connectivity index (χ3v) is 7.19. The zero-order valence-corrected chi connectivity index (χ0v) is 18.8. The Bertz CT molecular complexity index is 1210. The van der Waals surface area contributed by atoms with E-state index in [0.717, 1.165) is 11.1 Å². The average Bonchev–Trinajstić information content (AvgIpc) is 2.71. The van der Waals surface area contributed by atoms with E-state index < -0.39 is 10.0 Å². The summed E-state index contributed by atoms with van der Waals surface area (Å²) < 4.78 is 27.2. The first-order valence-electron chi connectivity index (χ1n) is 9.34. The summed E-state index contributed by atoms with van der Waals surface area (Å²) in [5, 5.41) is 3.42. The zero-order chi connectivity index (χ0) is 22.1. The van der Waals surface area contributed by atoms with Crippen molar-refractivity contribution in [1.82, 2.24) is 0 Å². The van der Waals surface area contributed by atoms with Crippen LogP contribution in [0.15, 0.2) is 65.6 Å². The molecule has 1 amide bonds. The minimum absolute atomic E-state index is 0.216. The highest BCUT2D eigenvalue weighted by molar-refractivity contribution is 7.92. The molecule has 30 heavy (non-hydrogen) atoms. The Morgan fingerprint density at radius 3 is 2.27 bits per heavy atom. The van der Waals surface area contributed by atoms with Gasteiger partial charge in [0.25, 0.3) is 15.9 Å². The van der Waals surface area contributed by atoms with E-state index in [0.29, 0.717) is 27.5 Å². The van der Waals surface area contributed by atoms with Crippen molar-refractivity contribution < 1.29 is 13.2 Å². The largest absolute Gasteiger partial charge is 0.322 e. The molecule has 0 aliphatic rings. The van der Waals surface area contributed by atoms with Crippen molar-refractivity contribution in [1.29, 1.82) is 0 Å². The summed E-state index contributed by atoms with van der Waals surface area (Å²) in [7, 11) is -2.20. The van der Waals surface area contributed by atoms with Crippen molar-refractivity contribution in [3.63, 3.8) is 0 Å².